The number of rotatable bonds is 5. The molecule has 0 radical (unpaired) electrons. The summed E-state index contributed by atoms with van der Waals surface area (Å²) in [5.41, 5.74) is 0.876. The van der Waals surface area contributed by atoms with Crippen LogP contribution in [0.2, 0.25) is 0 Å². The van der Waals surface area contributed by atoms with E-state index in [0.29, 0.717) is 46.8 Å². The number of ether oxygens (including phenoxy) is 2. The summed E-state index contributed by atoms with van der Waals surface area (Å²) in [5.74, 6) is 3.12. The molecule has 0 saturated heterocycles. The van der Waals surface area contributed by atoms with Crippen molar-refractivity contribution in [3.8, 4) is 23.0 Å². The Morgan fingerprint density at radius 1 is 0.857 bits per heavy atom. The fourth-order valence-corrected chi connectivity index (χ4v) is 3.29. The van der Waals surface area contributed by atoms with Crippen molar-refractivity contribution in [1.29, 1.82) is 0 Å². The predicted molar refractivity (Wildman–Crippen MR) is 98.9 cm³/mol. The first-order valence-corrected chi connectivity index (χ1v) is 9.56. The predicted octanol–water partition coefficient (Wildman–Crippen LogP) is 3.92. The number of hydrogen-bond donors (Lipinski definition) is 0. The minimum Gasteiger partial charge on any atom is -0.485 e. The zero-order valence-electron chi connectivity index (χ0n) is 14.5. The first-order valence-electron chi connectivity index (χ1n) is 8.57. The Kier molecular flexibility index (Phi) is 4.42. The minimum atomic E-state index is -0.440. The Hall–Kier alpha value is -3.33. The van der Waals surface area contributed by atoms with Gasteiger partial charge in [0.25, 0.3) is 11.1 Å². The van der Waals surface area contributed by atoms with Crippen molar-refractivity contribution in [3.05, 3.63) is 66.4 Å². The van der Waals surface area contributed by atoms with Gasteiger partial charge in [-0.05, 0) is 24.3 Å². The first-order chi connectivity index (χ1) is 13.8. The van der Waals surface area contributed by atoms with Crippen LogP contribution in [0.3, 0.4) is 0 Å². The highest BCUT2D eigenvalue weighted by Gasteiger charge is 2.27. The summed E-state index contributed by atoms with van der Waals surface area (Å²) in [7, 11) is 0. The lowest BCUT2D eigenvalue weighted by atomic mass is 10.2. The molecule has 140 valence electrons. The highest BCUT2D eigenvalue weighted by atomic mass is 32.2. The summed E-state index contributed by atoms with van der Waals surface area (Å²) in [6.07, 6.45) is -0.440. The van der Waals surface area contributed by atoms with E-state index in [9.17, 15) is 0 Å². The van der Waals surface area contributed by atoms with Gasteiger partial charge in [-0.2, -0.15) is 0 Å². The SMILES string of the molecule is c1ccc(-c2nnc(CSc3nnc([C@@H]4COc5ccccc5O4)o3)o2)cc1. The van der Waals surface area contributed by atoms with E-state index in [2.05, 4.69) is 20.4 Å². The van der Waals surface area contributed by atoms with Gasteiger partial charge in [0, 0.05) is 5.56 Å². The van der Waals surface area contributed by atoms with Gasteiger partial charge in [0.1, 0.15) is 6.61 Å². The molecule has 5 rings (SSSR count). The fraction of sp³-hybridized carbons (Fsp3) is 0.158. The Morgan fingerprint density at radius 3 is 2.57 bits per heavy atom. The van der Waals surface area contributed by atoms with E-state index < -0.39 is 6.10 Å². The van der Waals surface area contributed by atoms with Crippen LogP contribution < -0.4 is 9.47 Å². The van der Waals surface area contributed by atoms with E-state index in [4.69, 9.17) is 18.3 Å². The van der Waals surface area contributed by atoms with Crippen molar-refractivity contribution in [3.63, 3.8) is 0 Å². The van der Waals surface area contributed by atoms with Gasteiger partial charge in [-0.25, -0.2) is 0 Å². The summed E-state index contributed by atoms with van der Waals surface area (Å²) >= 11 is 1.32. The highest BCUT2D eigenvalue weighted by molar-refractivity contribution is 7.98. The quantitative estimate of drug-likeness (QED) is 0.466. The monoisotopic (exact) mass is 394 g/mol. The molecule has 3 heterocycles. The molecule has 0 N–H and O–H groups in total. The molecule has 4 aromatic rings. The van der Waals surface area contributed by atoms with Crippen LogP contribution in [0.15, 0.2) is 68.7 Å². The smallest absolute Gasteiger partial charge is 0.277 e. The van der Waals surface area contributed by atoms with Gasteiger partial charge in [-0.15, -0.1) is 20.4 Å². The molecule has 9 heteroatoms. The van der Waals surface area contributed by atoms with Crippen LogP contribution in [0.5, 0.6) is 11.5 Å². The number of para-hydroxylation sites is 2. The van der Waals surface area contributed by atoms with E-state index in [-0.39, 0.29) is 0 Å². The standard InChI is InChI=1S/C19H14N4O4S/c1-2-6-12(7-3-1)17-21-20-16(26-17)11-28-19-23-22-18(27-19)15-10-24-13-8-4-5-9-14(13)25-15/h1-9,15H,10-11H2/t15-/m0/s1. The first kappa shape index (κ1) is 16.8. The van der Waals surface area contributed by atoms with Crippen LogP contribution in [0.4, 0.5) is 0 Å². The Balaban J connectivity index is 1.23. The average molecular weight is 394 g/mol. The summed E-state index contributed by atoms with van der Waals surface area (Å²) in [5, 5.41) is 16.6. The molecule has 2 aromatic carbocycles. The lowest BCUT2D eigenvalue weighted by Gasteiger charge is -2.23. The summed E-state index contributed by atoms with van der Waals surface area (Å²) < 4.78 is 22.9. The van der Waals surface area contributed by atoms with Crippen molar-refractivity contribution in [2.24, 2.45) is 0 Å². The lowest BCUT2D eigenvalue weighted by Crippen LogP contribution is -2.21. The summed E-state index contributed by atoms with van der Waals surface area (Å²) in [6.45, 7) is 0.313. The van der Waals surface area contributed by atoms with Crippen LogP contribution in [0.25, 0.3) is 11.5 Å². The second-order valence-electron chi connectivity index (χ2n) is 5.93. The van der Waals surface area contributed by atoms with Crippen LogP contribution in [0, 0.1) is 0 Å². The number of nitrogens with zero attached hydrogens (tertiary/aromatic N) is 4. The molecule has 1 aliphatic heterocycles. The molecule has 0 spiro atoms. The van der Waals surface area contributed by atoms with Gasteiger partial charge < -0.3 is 18.3 Å². The zero-order chi connectivity index (χ0) is 18.8. The fourth-order valence-electron chi connectivity index (χ4n) is 2.68. The Bertz CT molecular complexity index is 1080. The molecule has 0 saturated carbocycles. The van der Waals surface area contributed by atoms with Crippen molar-refractivity contribution in [1.82, 2.24) is 20.4 Å². The van der Waals surface area contributed by atoms with Gasteiger partial charge >= 0.3 is 0 Å². The van der Waals surface area contributed by atoms with Crippen molar-refractivity contribution in [2.45, 2.75) is 17.1 Å². The topological polar surface area (TPSA) is 96.3 Å². The molecular weight excluding hydrogens is 380 g/mol. The molecular formula is C19H14N4O4S. The van der Waals surface area contributed by atoms with Gasteiger partial charge in [0.15, 0.2) is 11.5 Å². The summed E-state index contributed by atoms with van der Waals surface area (Å²) in [4.78, 5) is 0. The van der Waals surface area contributed by atoms with Gasteiger partial charge in [-0.3, -0.25) is 0 Å². The molecule has 1 atom stereocenters. The summed E-state index contributed by atoms with van der Waals surface area (Å²) in [6, 6.07) is 17.1. The van der Waals surface area contributed by atoms with Crippen LogP contribution >= 0.6 is 11.8 Å². The van der Waals surface area contributed by atoms with Crippen molar-refractivity contribution < 1.29 is 18.3 Å². The lowest BCUT2D eigenvalue weighted by molar-refractivity contribution is 0.0686. The third kappa shape index (κ3) is 3.44. The van der Waals surface area contributed by atoms with Gasteiger partial charge in [-0.1, -0.05) is 42.1 Å². The number of benzene rings is 2. The largest absolute Gasteiger partial charge is 0.485 e. The minimum absolute atomic E-state index is 0.313. The van der Waals surface area contributed by atoms with E-state index >= 15 is 0 Å². The Labute approximate surface area is 163 Å². The van der Waals surface area contributed by atoms with E-state index in [1.54, 1.807) is 0 Å². The highest BCUT2D eigenvalue weighted by Crippen LogP contribution is 2.36. The van der Waals surface area contributed by atoms with Crippen LogP contribution in [0.1, 0.15) is 17.9 Å². The van der Waals surface area contributed by atoms with Gasteiger partial charge in [0.05, 0.1) is 5.75 Å². The van der Waals surface area contributed by atoms with Crippen molar-refractivity contribution >= 4 is 11.8 Å². The van der Waals surface area contributed by atoms with E-state index in [1.807, 2.05) is 54.6 Å². The zero-order valence-corrected chi connectivity index (χ0v) is 15.3. The number of thioether (sulfide) groups is 1. The molecule has 2 aromatic heterocycles. The second kappa shape index (κ2) is 7.35. The molecule has 0 aliphatic carbocycles. The number of hydrogen-bond acceptors (Lipinski definition) is 9. The average Bonchev–Trinajstić information content (AvgIpc) is 3.42. The second-order valence-corrected chi connectivity index (χ2v) is 6.85. The third-order valence-corrected chi connectivity index (χ3v) is 4.82. The number of fused-ring (bicyclic) bond motifs is 1. The molecule has 0 fully saturated rings. The normalized spacial score (nSPS) is 15.5. The molecule has 28 heavy (non-hydrogen) atoms. The third-order valence-electron chi connectivity index (χ3n) is 4.01. The molecule has 0 amide bonds. The Morgan fingerprint density at radius 2 is 1.68 bits per heavy atom. The molecule has 8 nitrogen and oxygen atoms in total. The maximum absolute atomic E-state index is 5.88. The number of aromatic nitrogens is 4. The molecule has 0 bridgehead atoms. The van der Waals surface area contributed by atoms with Crippen LogP contribution in [-0.4, -0.2) is 27.0 Å². The molecule has 0 unspecified atom stereocenters. The van der Waals surface area contributed by atoms with Crippen LogP contribution in [-0.2, 0) is 5.75 Å². The maximum atomic E-state index is 5.88. The van der Waals surface area contributed by atoms with Crippen molar-refractivity contribution in [2.75, 3.05) is 6.61 Å². The van der Waals surface area contributed by atoms with E-state index in [1.165, 1.54) is 11.8 Å². The molecule has 1 aliphatic rings. The van der Waals surface area contributed by atoms with E-state index in [0.717, 1.165) is 5.56 Å². The maximum Gasteiger partial charge on any atom is 0.277 e. The van der Waals surface area contributed by atoms with Gasteiger partial charge in [0.2, 0.25) is 17.9 Å².